The number of ketones is 1. The van der Waals surface area contributed by atoms with Gasteiger partial charge >= 0.3 is 0 Å². The third kappa shape index (κ3) is 4.10. The zero-order valence-corrected chi connectivity index (χ0v) is 18.6. The van der Waals surface area contributed by atoms with Gasteiger partial charge in [-0.3, -0.25) is 14.9 Å². The van der Waals surface area contributed by atoms with Gasteiger partial charge in [0.25, 0.3) is 0 Å². The van der Waals surface area contributed by atoms with Gasteiger partial charge in [-0.2, -0.15) is 0 Å². The monoisotopic (exact) mass is 475 g/mol. The highest BCUT2D eigenvalue weighted by Gasteiger charge is 2.14. The van der Waals surface area contributed by atoms with Crippen LogP contribution in [0.3, 0.4) is 0 Å². The van der Waals surface area contributed by atoms with Crippen LogP contribution in [0.1, 0.15) is 27.2 Å². The van der Waals surface area contributed by atoms with E-state index >= 15 is 0 Å². The van der Waals surface area contributed by atoms with Crippen LogP contribution in [0.4, 0.5) is 5.69 Å². The predicted molar refractivity (Wildman–Crippen MR) is 127 cm³/mol. The van der Waals surface area contributed by atoms with Gasteiger partial charge in [0.1, 0.15) is 4.64 Å². The second kappa shape index (κ2) is 8.73. The van der Waals surface area contributed by atoms with Crippen molar-refractivity contribution in [1.82, 2.24) is 9.78 Å². The first-order chi connectivity index (χ1) is 14.5. The molecule has 0 aliphatic heterocycles. The smallest absolute Gasteiger partial charge is 0.195 e. The third-order valence-electron chi connectivity index (χ3n) is 4.70. The highest BCUT2D eigenvalue weighted by Crippen LogP contribution is 2.26. The molecule has 0 saturated carbocycles. The Morgan fingerprint density at radius 3 is 2.40 bits per heavy atom. The Morgan fingerprint density at radius 2 is 1.70 bits per heavy atom. The molecule has 30 heavy (non-hydrogen) atoms. The first kappa shape index (κ1) is 20.2. The summed E-state index contributed by atoms with van der Waals surface area (Å²) in [6, 6.07) is 24.5. The summed E-state index contributed by atoms with van der Waals surface area (Å²) in [6.45, 7) is 1.95. The highest BCUT2D eigenvalue weighted by atomic mass is 79.9. The maximum Gasteiger partial charge on any atom is 0.195 e. The van der Waals surface area contributed by atoms with Crippen LogP contribution in [-0.2, 0) is 0 Å². The number of para-hydroxylation sites is 1. The van der Waals surface area contributed by atoms with E-state index in [0.29, 0.717) is 21.5 Å². The van der Waals surface area contributed by atoms with Crippen LogP contribution in [-0.4, -0.2) is 21.8 Å². The number of hydrogen-bond donors (Lipinski definition) is 1. The fourth-order valence-electron chi connectivity index (χ4n) is 3.15. The number of halogens is 1. The van der Waals surface area contributed by atoms with Gasteiger partial charge in [0.2, 0.25) is 0 Å². The Labute approximate surface area is 188 Å². The number of H-pyrrole nitrogens is 1. The number of aromatic amines is 1. The Hall–Kier alpha value is -3.09. The zero-order valence-electron chi connectivity index (χ0n) is 16.2. The molecule has 1 heterocycles. The number of nitrogens with one attached hydrogen (secondary N) is 1. The highest BCUT2D eigenvalue weighted by molar-refractivity contribution is 9.10. The number of carbonyl (C=O) groups excluding carboxylic acids is 1. The van der Waals surface area contributed by atoms with E-state index in [9.17, 15) is 4.79 Å². The lowest BCUT2D eigenvalue weighted by Crippen LogP contribution is -2.01. The second-order valence-electron chi connectivity index (χ2n) is 6.74. The lowest BCUT2D eigenvalue weighted by Gasteiger charge is -2.06. The van der Waals surface area contributed by atoms with Crippen molar-refractivity contribution in [2.45, 2.75) is 6.92 Å². The van der Waals surface area contributed by atoms with Crippen LogP contribution in [0.15, 0.2) is 88.3 Å². The molecule has 0 saturated heterocycles. The third-order valence-corrected chi connectivity index (χ3v) is 5.60. The average molecular weight is 476 g/mol. The summed E-state index contributed by atoms with van der Waals surface area (Å²) in [7, 11) is 0. The Balaban J connectivity index is 1.73. The molecule has 0 spiro atoms. The number of aromatic nitrogens is 2. The van der Waals surface area contributed by atoms with Gasteiger partial charge in [-0.05, 0) is 37.3 Å². The van der Waals surface area contributed by atoms with Gasteiger partial charge in [-0.15, -0.1) is 0 Å². The molecule has 1 aromatic heterocycles. The molecule has 148 valence electrons. The summed E-state index contributed by atoms with van der Waals surface area (Å²) in [5.41, 5.74) is 4.41. The molecule has 0 unspecified atom stereocenters. The Bertz CT molecular complexity index is 1290. The molecule has 4 rings (SSSR count). The van der Waals surface area contributed by atoms with Gasteiger partial charge in [0.15, 0.2) is 5.78 Å². The van der Waals surface area contributed by atoms with E-state index < -0.39 is 0 Å². The lowest BCUT2D eigenvalue weighted by atomic mass is 10.0. The standard InChI is InChI=1S/C24H18BrN3OS/c1-16-21(24(30)28(27-16)19-10-6-3-7-11-19)15-26-22-13-12-18(25)14-20(22)23(29)17-8-4-2-5-9-17/h2-15,27H,1H3. The number of rotatable bonds is 5. The topological polar surface area (TPSA) is 50.1 Å². The minimum Gasteiger partial charge on any atom is -0.297 e. The molecule has 0 aliphatic rings. The molecule has 0 radical (unpaired) electrons. The molecule has 0 bridgehead atoms. The molecule has 4 nitrogen and oxygen atoms in total. The van der Waals surface area contributed by atoms with Gasteiger partial charge in [0, 0.05) is 27.5 Å². The molecule has 0 fully saturated rings. The van der Waals surface area contributed by atoms with Crippen molar-refractivity contribution in [3.05, 3.63) is 110 Å². The van der Waals surface area contributed by atoms with Gasteiger partial charge in [-0.25, -0.2) is 4.68 Å². The first-order valence-electron chi connectivity index (χ1n) is 9.35. The first-order valence-corrected chi connectivity index (χ1v) is 10.5. The Kier molecular flexibility index (Phi) is 5.88. The minimum atomic E-state index is -0.0761. The summed E-state index contributed by atoms with van der Waals surface area (Å²) in [4.78, 5) is 17.7. The van der Waals surface area contributed by atoms with E-state index in [1.54, 1.807) is 24.4 Å². The van der Waals surface area contributed by atoms with E-state index in [-0.39, 0.29) is 5.78 Å². The quantitative estimate of drug-likeness (QED) is 0.201. The molecule has 4 aromatic rings. The molecular weight excluding hydrogens is 458 g/mol. The average Bonchev–Trinajstić information content (AvgIpc) is 3.07. The molecule has 1 N–H and O–H groups in total. The van der Waals surface area contributed by atoms with E-state index in [2.05, 4.69) is 26.0 Å². The van der Waals surface area contributed by atoms with Gasteiger partial charge < -0.3 is 0 Å². The zero-order chi connectivity index (χ0) is 21.1. The summed E-state index contributed by atoms with van der Waals surface area (Å²) >= 11 is 9.11. The van der Waals surface area contributed by atoms with Crippen LogP contribution in [0.25, 0.3) is 5.69 Å². The maximum atomic E-state index is 13.0. The second-order valence-corrected chi connectivity index (χ2v) is 8.04. The SMILES string of the molecule is Cc1[nH]n(-c2ccccc2)c(=S)c1C=Nc1ccc(Br)cc1C(=O)c1ccccc1. The number of aryl methyl sites for hydroxylation is 1. The maximum absolute atomic E-state index is 13.0. The van der Waals surface area contributed by atoms with Crippen molar-refractivity contribution in [2.24, 2.45) is 4.99 Å². The van der Waals surface area contributed by atoms with Crippen molar-refractivity contribution in [2.75, 3.05) is 0 Å². The van der Waals surface area contributed by atoms with Crippen molar-refractivity contribution in [3.8, 4) is 5.69 Å². The van der Waals surface area contributed by atoms with Crippen LogP contribution < -0.4 is 0 Å². The number of nitrogens with zero attached hydrogens (tertiary/aromatic N) is 2. The summed E-state index contributed by atoms with van der Waals surface area (Å²) in [5, 5.41) is 3.28. The van der Waals surface area contributed by atoms with Crippen molar-refractivity contribution >= 4 is 45.8 Å². The molecule has 0 atom stereocenters. The lowest BCUT2D eigenvalue weighted by molar-refractivity contribution is 0.103. The fourth-order valence-corrected chi connectivity index (χ4v) is 3.87. The summed E-state index contributed by atoms with van der Waals surface area (Å²) in [5.74, 6) is -0.0761. The molecule has 3 aromatic carbocycles. The molecular formula is C24H18BrN3OS. The number of carbonyl (C=O) groups is 1. The van der Waals surface area contributed by atoms with Gasteiger partial charge in [-0.1, -0.05) is 76.7 Å². The van der Waals surface area contributed by atoms with E-state index in [1.165, 1.54) is 0 Å². The van der Waals surface area contributed by atoms with Crippen LogP contribution in [0, 0.1) is 11.6 Å². The molecule has 6 heteroatoms. The van der Waals surface area contributed by atoms with E-state index in [0.717, 1.165) is 21.4 Å². The van der Waals surface area contributed by atoms with Gasteiger partial charge in [0.05, 0.1) is 16.9 Å². The number of hydrogen-bond acceptors (Lipinski definition) is 3. The van der Waals surface area contributed by atoms with Crippen molar-refractivity contribution in [3.63, 3.8) is 0 Å². The predicted octanol–water partition coefficient (Wildman–Crippen LogP) is 6.59. The van der Waals surface area contributed by atoms with Crippen molar-refractivity contribution < 1.29 is 4.79 Å². The van der Waals surface area contributed by atoms with Crippen LogP contribution in [0.5, 0.6) is 0 Å². The molecule has 0 aliphatic carbocycles. The minimum absolute atomic E-state index is 0.0761. The van der Waals surface area contributed by atoms with E-state index in [4.69, 9.17) is 12.2 Å². The van der Waals surface area contributed by atoms with Crippen molar-refractivity contribution in [1.29, 1.82) is 0 Å². The molecule has 0 amide bonds. The fraction of sp³-hybridized carbons (Fsp3) is 0.0417. The van der Waals surface area contributed by atoms with E-state index in [1.807, 2.05) is 72.3 Å². The summed E-state index contributed by atoms with van der Waals surface area (Å²) < 4.78 is 3.31. The van der Waals surface area contributed by atoms with Crippen LogP contribution in [0.2, 0.25) is 0 Å². The largest absolute Gasteiger partial charge is 0.297 e. The normalized spacial score (nSPS) is 11.1. The summed E-state index contributed by atoms with van der Waals surface area (Å²) in [6.07, 6.45) is 1.72. The number of aliphatic imine (C=N–C) groups is 1. The van der Waals surface area contributed by atoms with Crippen LogP contribution >= 0.6 is 28.1 Å². The number of benzene rings is 3. The Morgan fingerprint density at radius 1 is 1.03 bits per heavy atom.